The molecule has 0 unspecified atom stereocenters. The van der Waals surface area contributed by atoms with Crippen LogP contribution in [0.2, 0.25) is 0 Å². The number of pyridine rings is 1. The van der Waals surface area contributed by atoms with Gasteiger partial charge in [0.15, 0.2) is 5.82 Å². The smallest absolute Gasteiger partial charge is 0.180 e. The predicted octanol–water partition coefficient (Wildman–Crippen LogP) is 2.27. The van der Waals surface area contributed by atoms with Gasteiger partial charge < -0.3 is 5.73 Å². The minimum atomic E-state index is 0.449. The predicted molar refractivity (Wildman–Crippen MR) is 67.2 cm³/mol. The van der Waals surface area contributed by atoms with Crippen molar-refractivity contribution in [2.24, 2.45) is 0 Å². The first-order valence-corrected chi connectivity index (χ1v) is 5.27. The zero-order chi connectivity index (χ0) is 11.7. The van der Waals surface area contributed by atoms with Crippen LogP contribution < -0.4 is 5.73 Å². The Labute approximate surface area is 98.2 Å². The Morgan fingerprint density at radius 1 is 0.882 bits per heavy atom. The second-order valence-corrected chi connectivity index (χ2v) is 3.69. The third-order valence-corrected chi connectivity index (χ3v) is 2.56. The maximum Gasteiger partial charge on any atom is 0.180 e. The number of benzene rings is 1. The highest BCUT2D eigenvalue weighted by Crippen LogP contribution is 2.23. The monoisotopic (exact) mass is 222 g/mol. The Morgan fingerprint density at radius 3 is 2.59 bits per heavy atom. The molecule has 0 saturated carbocycles. The number of anilines is 1. The van der Waals surface area contributed by atoms with Gasteiger partial charge in [-0.1, -0.05) is 24.3 Å². The number of aromatic nitrogens is 3. The van der Waals surface area contributed by atoms with E-state index in [2.05, 4.69) is 15.0 Å². The fraction of sp³-hybridized carbons (Fsp3) is 0. The maximum atomic E-state index is 5.66. The summed E-state index contributed by atoms with van der Waals surface area (Å²) in [7, 11) is 0. The van der Waals surface area contributed by atoms with Gasteiger partial charge in [0.2, 0.25) is 0 Å². The highest BCUT2D eigenvalue weighted by Gasteiger charge is 2.07. The molecule has 1 aromatic carbocycles. The molecule has 0 aliphatic rings. The summed E-state index contributed by atoms with van der Waals surface area (Å²) in [6.45, 7) is 0. The fourth-order valence-corrected chi connectivity index (χ4v) is 1.78. The molecule has 2 N–H and O–H groups in total. The van der Waals surface area contributed by atoms with Crippen molar-refractivity contribution in [3.63, 3.8) is 0 Å². The van der Waals surface area contributed by atoms with E-state index in [1.165, 1.54) is 0 Å². The van der Waals surface area contributed by atoms with Crippen LogP contribution >= 0.6 is 0 Å². The molecule has 0 fully saturated rings. The molecule has 0 bridgehead atoms. The minimum absolute atomic E-state index is 0.449. The molecular weight excluding hydrogens is 212 g/mol. The minimum Gasteiger partial charge on any atom is -0.384 e. The zero-order valence-electron chi connectivity index (χ0n) is 9.04. The number of nitrogens with zero attached hydrogens (tertiary/aromatic N) is 3. The first kappa shape index (κ1) is 9.72. The lowest BCUT2D eigenvalue weighted by atomic mass is 10.1. The van der Waals surface area contributed by atoms with E-state index in [0.717, 1.165) is 16.5 Å². The van der Waals surface area contributed by atoms with Gasteiger partial charge in [0.25, 0.3) is 0 Å². The Bertz CT molecular complexity index is 674. The average Bonchev–Trinajstić information content (AvgIpc) is 2.38. The van der Waals surface area contributed by atoms with Crippen LogP contribution in [0.1, 0.15) is 0 Å². The lowest BCUT2D eigenvalue weighted by Gasteiger charge is -2.04. The van der Waals surface area contributed by atoms with Crippen LogP contribution in [0.15, 0.2) is 48.8 Å². The molecule has 3 aromatic rings. The van der Waals surface area contributed by atoms with Gasteiger partial charge in [-0.3, -0.25) is 4.98 Å². The quantitative estimate of drug-likeness (QED) is 0.686. The second kappa shape index (κ2) is 3.83. The van der Waals surface area contributed by atoms with Gasteiger partial charge in [0.1, 0.15) is 11.5 Å². The largest absolute Gasteiger partial charge is 0.384 e. The van der Waals surface area contributed by atoms with Crippen molar-refractivity contribution in [2.75, 3.05) is 5.73 Å². The molecule has 0 radical (unpaired) electrons. The summed E-state index contributed by atoms with van der Waals surface area (Å²) in [4.78, 5) is 12.7. The average molecular weight is 222 g/mol. The highest BCUT2D eigenvalue weighted by molar-refractivity contribution is 5.92. The van der Waals surface area contributed by atoms with Crippen LogP contribution in [0, 0.1) is 0 Å². The van der Waals surface area contributed by atoms with E-state index >= 15 is 0 Å². The van der Waals surface area contributed by atoms with Crippen LogP contribution in [0.25, 0.3) is 22.3 Å². The van der Waals surface area contributed by atoms with Crippen molar-refractivity contribution >= 4 is 16.6 Å². The lowest BCUT2D eigenvalue weighted by Crippen LogP contribution is -1.96. The molecule has 17 heavy (non-hydrogen) atoms. The molecule has 0 atom stereocenters. The summed E-state index contributed by atoms with van der Waals surface area (Å²) in [5.74, 6) is 1.01. The molecule has 0 aliphatic carbocycles. The number of nitrogens with two attached hydrogens (primary N) is 1. The molecule has 0 amide bonds. The normalized spacial score (nSPS) is 10.6. The Morgan fingerprint density at radius 2 is 1.71 bits per heavy atom. The zero-order valence-corrected chi connectivity index (χ0v) is 9.04. The van der Waals surface area contributed by atoms with Crippen molar-refractivity contribution < 1.29 is 0 Å². The summed E-state index contributed by atoms with van der Waals surface area (Å²) < 4.78 is 0. The molecule has 0 aliphatic heterocycles. The van der Waals surface area contributed by atoms with Gasteiger partial charge in [0.05, 0.1) is 0 Å². The van der Waals surface area contributed by atoms with Gasteiger partial charge >= 0.3 is 0 Å². The first-order valence-electron chi connectivity index (χ1n) is 5.27. The number of fused-ring (bicyclic) bond motifs is 1. The number of nitrogen functional groups attached to an aromatic ring is 1. The standard InChI is InChI=1S/C13H10N4/c14-11-6-8-16-13(17-11)12-10-4-2-1-3-9(10)5-7-15-12/h1-8H,(H2,14,16,17). The molecular formula is C13H10N4. The SMILES string of the molecule is Nc1ccnc(-c2nccc3ccccc23)n1. The summed E-state index contributed by atoms with van der Waals surface area (Å²) >= 11 is 0. The van der Waals surface area contributed by atoms with E-state index in [1.807, 2.05) is 30.3 Å². The van der Waals surface area contributed by atoms with Crippen molar-refractivity contribution in [3.8, 4) is 11.5 Å². The van der Waals surface area contributed by atoms with Gasteiger partial charge in [-0.25, -0.2) is 9.97 Å². The molecule has 82 valence electrons. The number of rotatable bonds is 1. The number of hydrogen-bond acceptors (Lipinski definition) is 4. The molecule has 4 nitrogen and oxygen atoms in total. The summed E-state index contributed by atoms with van der Waals surface area (Å²) in [5, 5.41) is 2.14. The van der Waals surface area contributed by atoms with E-state index < -0.39 is 0 Å². The van der Waals surface area contributed by atoms with Crippen LogP contribution in [-0.4, -0.2) is 15.0 Å². The van der Waals surface area contributed by atoms with Crippen molar-refractivity contribution in [1.82, 2.24) is 15.0 Å². The van der Waals surface area contributed by atoms with E-state index in [0.29, 0.717) is 11.6 Å². The van der Waals surface area contributed by atoms with Gasteiger partial charge in [-0.05, 0) is 17.5 Å². The molecule has 4 heteroatoms. The second-order valence-electron chi connectivity index (χ2n) is 3.69. The molecule has 0 spiro atoms. The van der Waals surface area contributed by atoms with Crippen LogP contribution in [-0.2, 0) is 0 Å². The molecule has 0 saturated heterocycles. The third kappa shape index (κ3) is 1.69. The van der Waals surface area contributed by atoms with E-state index in [1.54, 1.807) is 18.5 Å². The van der Waals surface area contributed by atoms with E-state index in [-0.39, 0.29) is 0 Å². The number of hydrogen-bond donors (Lipinski definition) is 1. The van der Waals surface area contributed by atoms with Crippen molar-refractivity contribution in [2.45, 2.75) is 0 Å². The van der Waals surface area contributed by atoms with Crippen molar-refractivity contribution in [3.05, 3.63) is 48.8 Å². The molecule has 2 aromatic heterocycles. The van der Waals surface area contributed by atoms with Crippen molar-refractivity contribution in [1.29, 1.82) is 0 Å². The topological polar surface area (TPSA) is 64.7 Å². The van der Waals surface area contributed by atoms with Crippen LogP contribution in [0.3, 0.4) is 0 Å². The Kier molecular flexibility index (Phi) is 2.19. The Hall–Kier alpha value is -2.49. The van der Waals surface area contributed by atoms with E-state index in [4.69, 9.17) is 5.73 Å². The van der Waals surface area contributed by atoms with Gasteiger partial charge in [0, 0.05) is 17.8 Å². The Balaban J connectivity index is 2.30. The van der Waals surface area contributed by atoms with E-state index in [9.17, 15) is 0 Å². The third-order valence-electron chi connectivity index (χ3n) is 2.56. The molecule has 3 rings (SSSR count). The molecule has 2 heterocycles. The van der Waals surface area contributed by atoms with Gasteiger partial charge in [-0.15, -0.1) is 0 Å². The fourth-order valence-electron chi connectivity index (χ4n) is 1.78. The summed E-state index contributed by atoms with van der Waals surface area (Å²) in [6.07, 6.45) is 3.39. The highest BCUT2D eigenvalue weighted by atomic mass is 15.0. The van der Waals surface area contributed by atoms with Crippen LogP contribution in [0.5, 0.6) is 0 Å². The maximum absolute atomic E-state index is 5.66. The summed E-state index contributed by atoms with van der Waals surface area (Å²) in [6, 6.07) is 11.6. The van der Waals surface area contributed by atoms with Crippen LogP contribution in [0.4, 0.5) is 5.82 Å². The summed E-state index contributed by atoms with van der Waals surface area (Å²) in [5.41, 5.74) is 6.42. The van der Waals surface area contributed by atoms with Gasteiger partial charge in [-0.2, -0.15) is 0 Å². The first-order chi connectivity index (χ1) is 8.34. The lowest BCUT2D eigenvalue weighted by molar-refractivity contribution is 1.16.